The minimum atomic E-state index is -0.133. The van der Waals surface area contributed by atoms with Gasteiger partial charge in [-0.05, 0) is 38.4 Å². The molecule has 0 aliphatic carbocycles. The molecule has 20 heavy (non-hydrogen) atoms. The number of nitrogens with zero attached hydrogens (tertiary/aromatic N) is 1. The van der Waals surface area contributed by atoms with Gasteiger partial charge in [0.25, 0.3) is 0 Å². The summed E-state index contributed by atoms with van der Waals surface area (Å²) in [5.74, 6) is -0.133. The van der Waals surface area contributed by atoms with Crippen LogP contribution in [0.4, 0.5) is 4.39 Å². The SMILES string of the molecule is CCCNC(Cc1nc(C)cs1)c1ccc(C)cc1F. The summed E-state index contributed by atoms with van der Waals surface area (Å²) in [6.45, 7) is 6.89. The monoisotopic (exact) mass is 292 g/mol. The summed E-state index contributed by atoms with van der Waals surface area (Å²) in [7, 11) is 0. The van der Waals surface area contributed by atoms with Gasteiger partial charge in [0.2, 0.25) is 0 Å². The van der Waals surface area contributed by atoms with Gasteiger partial charge < -0.3 is 5.32 Å². The number of nitrogens with one attached hydrogen (secondary N) is 1. The summed E-state index contributed by atoms with van der Waals surface area (Å²) in [6.07, 6.45) is 1.76. The normalized spacial score (nSPS) is 12.6. The smallest absolute Gasteiger partial charge is 0.128 e. The molecule has 1 N–H and O–H groups in total. The molecule has 108 valence electrons. The summed E-state index contributed by atoms with van der Waals surface area (Å²) in [6, 6.07) is 5.44. The van der Waals surface area contributed by atoms with Crippen molar-refractivity contribution in [3.05, 3.63) is 51.2 Å². The Morgan fingerprint density at radius 3 is 2.75 bits per heavy atom. The zero-order valence-electron chi connectivity index (χ0n) is 12.2. The maximum Gasteiger partial charge on any atom is 0.128 e. The Hall–Kier alpha value is -1.26. The van der Waals surface area contributed by atoms with Gasteiger partial charge in [0.1, 0.15) is 5.82 Å². The third-order valence-electron chi connectivity index (χ3n) is 3.22. The molecule has 0 aliphatic rings. The van der Waals surface area contributed by atoms with Crippen LogP contribution in [0.25, 0.3) is 0 Å². The van der Waals surface area contributed by atoms with Crippen LogP contribution in [0, 0.1) is 19.7 Å². The van der Waals surface area contributed by atoms with Gasteiger partial charge in [-0.25, -0.2) is 9.37 Å². The maximum absolute atomic E-state index is 14.2. The van der Waals surface area contributed by atoms with Gasteiger partial charge in [-0.1, -0.05) is 19.1 Å². The summed E-state index contributed by atoms with van der Waals surface area (Å²) in [5, 5.41) is 6.52. The van der Waals surface area contributed by atoms with Gasteiger partial charge in [0.15, 0.2) is 0 Å². The Kier molecular flexibility index (Phi) is 5.26. The van der Waals surface area contributed by atoms with Gasteiger partial charge >= 0.3 is 0 Å². The molecule has 2 nitrogen and oxygen atoms in total. The van der Waals surface area contributed by atoms with E-state index >= 15 is 0 Å². The van der Waals surface area contributed by atoms with Crippen LogP contribution >= 0.6 is 11.3 Å². The highest BCUT2D eigenvalue weighted by Crippen LogP contribution is 2.24. The van der Waals surface area contributed by atoms with E-state index in [1.54, 1.807) is 17.4 Å². The molecule has 1 aromatic carbocycles. The summed E-state index contributed by atoms with van der Waals surface area (Å²) < 4.78 is 14.2. The Balaban J connectivity index is 2.22. The fraction of sp³-hybridized carbons (Fsp3) is 0.438. The van der Waals surface area contributed by atoms with Crippen molar-refractivity contribution in [1.29, 1.82) is 0 Å². The number of hydrogen-bond acceptors (Lipinski definition) is 3. The van der Waals surface area contributed by atoms with Crippen LogP contribution in [0.3, 0.4) is 0 Å². The summed E-state index contributed by atoms with van der Waals surface area (Å²) in [4.78, 5) is 4.49. The molecule has 1 unspecified atom stereocenters. The highest BCUT2D eigenvalue weighted by atomic mass is 32.1. The average Bonchev–Trinajstić information content (AvgIpc) is 2.80. The lowest BCUT2D eigenvalue weighted by molar-refractivity contribution is 0.496. The van der Waals surface area contributed by atoms with E-state index in [1.165, 1.54) is 0 Å². The Labute approximate surface area is 124 Å². The van der Waals surface area contributed by atoms with Crippen molar-refractivity contribution in [2.75, 3.05) is 6.54 Å². The van der Waals surface area contributed by atoms with Crippen LogP contribution in [0.5, 0.6) is 0 Å². The van der Waals surface area contributed by atoms with E-state index in [-0.39, 0.29) is 11.9 Å². The van der Waals surface area contributed by atoms with E-state index in [1.807, 2.05) is 31.4 Å². The molecule has 4 heteroatoms. The minimum Gasteiger partial charge on any atom is -0.309 e. The van der Waals surface area contributed by atoms with Crippen LogP contribution in [0.2, 0.25) is 0 Å². The lowest BCUT2D eigenvalue weighted by Crippen LogP contribution is -2.25. The molecule has 0 saturated heterocycles. The number of aryl methyl sites for hydroxylation is 2. The lowest BCUT2D eigenvalue weighted by atomic mass is 10.0. The summed E-state index contributed by atoms with van der Waals surface area (Å²) in [5.41, 5.74) is 2.71. The second-order valence-electron chi connectivity index (χ2n) is 5.12. The zero-order valence-corrected chi connectivity index (χ0v) is 13.1. The van der Waals surface area contributed by atoms with E-state index in [2.05, 4.69) is 17.2 Å². The van der Waals surface area contributed by atoms with Gasteiger partial charge in [-0.15, -0.1) is 11.3 Å². The first-order chi connectivity index (χ1) is 9.60. The molecule has 0 aliphatic heterocycles. The molecule has 0 saturated carbocycles. The van der Waals surface area contributed by atoms with Crippen molar-refractivity contribution in [2.24, 2.45) is 0 Å². The highest BCUT2D eigenvalue weighted by molar-refractivity contribution is 7.09. The first kappa shape index (κ1) is 15.1. The number of aromatic nitrogens is 1. The van der Waals surface area contributed by atoms with E-state index in [0.29, 0.717) is 0 Å². The largest absolute Gasteiger partial charge is 0.309 e. The predicted molar refractivity (Wildman–Crippen MR) is 82.7 cm³/mol. The molecule has 2 rings (SSSR count). The number of benzene rings is 1. The van der Waals surface area contributed by atoms with Crippen molar-refractivity contribution in [1.82, 2.24) is 10.3 Å². The van der Waals surface area contributed by atoms with Gasteiger partial charge in [-0.3, -0.25) is 0 Å². The lowest BCUT2D eigenvalue weighted by Gasteiger charge is -2.19. The fourth-order valence-corrected chi connectivity index (χ4v) is 3.02. The molecule has 1 atom stereocenters. The van der Waals surface area contributed by atoms with Crippen LogP contribution < -0.4 is 5.32 Å². The number of halogens is 1. The quantitative estimate of drug-likeness (QED) is 0.864. The van der Waals surface area contributed by atoms with E-state index in [9.17, 15) is 4.39 Å². The second-order valence-corrected chi connectivity index (χ2v) is 6.06. The number of rotatable bonds is 6. The molecule has 0 amide bonds. The van der Waals surface area contributed by atoms with E-state index in [4.69, 9.17) is 0 Å². The number of hydrogen-bond donors (Lipinski definition) is 1. The molecule has 1 aromatic heterocycles. The Bertz CT molecular complexity index is 565. The van der Waals surface area contributed by atoms with Crippen molar-refractivity contribution in [3.8, 4) is 0 Å². The fourth-order valence-electron chi connectivity index (χ4n) is 2.20. The topological polar surface area (TPSA) is 24.9 Å². The van der Waals surface area contributed by atoms with E-state index < -0.39 is 0 Å². The van der Waals surface area contributed by atoms with Crippen molar-refractivity contribution >= 4 is 11.3 Å². The molecular weight excluding hydrogens is 271 g/mol. The Morgan fingerprint density at radius 1 is 1.35 bits per heavy atom. The van der Waals surface area contributed by atoms with Crippen LogP contribution in [0.1, 0.15) is 41.2 Å². The first-order valence-corrected chi connectivity index (χ1v) is 7.88. The molecule has 0 radical (unpaired) electrons. The van der Waals surface area contributed by atoms with Crippen LogP contribution in [-0.2, 0) is 6.42 Å². The van der Waals surface area contributed by atoms with Crippen molar-refractivity contribution in [3.63, 3.8) is 0 Å². The summed E-state index contributed by atoms with van der Waals surface area (Å²) >= 11 is 1.64. The molecule has 1 heterocycles. The van der Waals surface area contributed by atoms with Gasteiger partial charge in [-0.2, -0.15) is 0 Å². The predicted octanol–water partition coefficient (Wildman–Crippen LogP) is 4.18. The second kappa shape index (κ2) is 6.95. The van der Waals surface area contributed by atoms with Crippen molar-refractivity contribution < 1.29 is 4.39 Å². The first-order valence-electron chi connectivity index (χ1n) is 7.00. The van der Waals surface area contributed by atoms with Crippen LogP contribution in [-0.4, -0.2) is 11.5 Å². The molecule has 0 spiro atoms. The molecule has 0 fully saturated rings. The van der Waals surface area contributed by atoms with E-state index in [0.717, 1.165) is 41.2 Å². The highest BCUT2D eigenvalue weighted by Gasteiger charge is 2.17. The van der Waals surface area contributed by atoms with Crippen molar-refractivity contribution in [2.45, 2.75) is 39.7 Å². The number of thiazole rings is 1. The third kappa shape index (κ3) is 3.87. The standard InChI is InChI=1S/C16H21FN2S/c1-4-7-18-15(9-16-19-12(3)10-20-16)13-6-5-11(2)8-14(13)17/h5-6,8,10,15,18H,4,7,9H2,1-3H3. The third-order valence-corrected chi connectivity index (χ3v) is 4.21. The van der Waals surface area contributed by atoms with Gasteiger partial charge in [0.05, 0.1) is 5.01 Å². The Morgan fingerprint density at radius 2 is 2.15 bits per heavy atom. The average molecular weight is 292 g/mol. The van der Waals surface area contributed by atoms with Crippen LogP contribution in [0.15, 0.2) is 23.6 Å². The molecular formula is C16H21FN2S. The maximum atomic E-state index is 14.2. The molecule has 0 bridgehead atoms. The molecule has 2 aromatic rings. The zero-order chi connectivity index (χ0) is 14.5. The minimum absolute atomic E-state index is 0.0129. The van der Waals surface area contributed by atoms with Gasteiger partial charge in [0, 0.05) is 29.1 Å².